The van der Waals surface area contributed by atoms with E-state index < -0.39 is 0 Å². The van der Waals surface area contributed by atoms with E-state index in [1.807, 2.05) is 12.1 Å². The molecule has 2 heterocycles. The largest absolute Gasteiger partial charge is 0.369 e. The SMILES string of the molecule is Cc1ccc(C)c(Cn2c3c(c4cccc(-c5ccc(F)cc5)c42)CC(N2CCN(c4ccc(C(C)C)cc4)CC2)CC3)c1. The molecule has 226 valence electrons. The van der Waals surface area contributed by atoms with Gasteiger partial charge < -0.3 is 9.47 Å². The zero-order valence-corrected chi connectivity index (χ0v) is 26.6. The van der Waals surface area contributed by atoms with Gasteiger partial charge in [0.1, 0.15) is 5.82 Å². The normalized spacial score (nSPS) is 17.4. The maximum absolute atomic E-state index is 13.9. The van der Waals surface area contributed by atoms with Gasteiger partial charge in [-0.25, -0.2) is 4.39 Å². The van der Waals surface area contributed by atoms with Crippen LogP contribution in [0.2, 0.25) is 0 Å². The second-order valence-electron chi connectivity index (χ2n) is 13.3. The molecule has 0 spiro atoms. The molecule has 44 heavy (non-hydrogen) atoms. The molecule has 0 bridgehead atoms. The van der Waals surface area contributed by atoms with Crippen molar-refractivity contribution >= 4 is 16.6 Å². The smallest absolute Gasteiger partial charge is 0.123 e. The van der Waals surface area contributed by atoms with Crippen molar-refractivity contribution in [3.05, 3.63) is 124 Å². The minimum Gasteiger partial charge on any atom is -0.369 e. The van der Waals surface area contributed by atoms with Crippen LogP contribution in [0, 0.1) is 19.7 Å². The molecule has 4 aromatic carbocycles. The Bertz CT molecular complexity index is 1770. The summed E-state index contributed by atoms with van der Waals surface area (Å²) >= 11 is 0. The van der Waals surface area contributed by atoms with Gasteiger partial charge >= 0.3 is 0 Å². The summed E-state index contributed by atoms with van der Waals surface area (Å²) in [4.78, 5) is 5.31. The Kier molecular flexibility index (Phi) is 7.80. The number of rotatable bonds is 6. The summed E-state index contributed by atoms with van der Waals surface area (Å²) in [5, 5.41) is 1.36. The number of fused-ring (bicyclic) bond motifs is 3. The van der Waals surface area contributed by atoms with Crippen molar-refractivity contribution in [3.63, 3.8) is 0 Å². The first-order chi connectivity index (χ1) is 21.4. The number of aryl methyl sites for hydroxylation is 2. The van der Waals surface area contributed by atoms with E-state index in [0.29, 0.717) is 12.0 Å². The number of nitrogens with zero attached hydrogens (tertiary/aromatic N) is 3. The van der Waals surface area contributed by atoms with E-state index in [2.05, 4.69) is 103 Å². The first kappa shape index (κ1) is 28.9. The number of aromatic nitrogens is 1. The minimum absolute atomic E-state index is 0.193. The van der Waals surface area contributed by atoms with E-state index in [0.717, 1.165) is 51.1 Å². The van der Waals surface area contributed by atoms with Gasteiger partial charge in [0.2, 0.25) is 0 Å². The maximum Gasteiger partial charge on any atom is 0.123 e. The Labute approximate surface area is 261 Å². The third-order valence-electron chi connectivity index (χ3n) is 10.2. The molecule has 7 rings (SSSR count). The summed E-state index contributed by atoms with van der Waals surface area (Å²) in [6, 6.07) is 30.3. The molecule has 1 aromatic heterocycles. The summed E-state index contributed by atoms with van der Waals surface area (Å²) in [7, 11) is 0. The fourth-order valence-corrected chi connectivity index (χ4v) is 7.59. The van der Waals surface area contributed by atoms with Crippen LogP contribution in [0.3, 0.4) is 0 Å². The Hall–Kier alpha value is -3.89. The summed E-state index contributed by atoms with van der Waals surface area (Å²) in [5.74, 6) is 0.372. The fourth-order valence-electron chi connectivity index (χ4n) is 7.59. The van der Waals surface area contributed by atoms with Crippen LogP contribution < -0.4 is 4.90 Å². The Morgan fingerprint density at radius 3 is 2.32 bits per heavy atom. The minimum atomic E-state index is -0.193. The monoisotopic (exact) mass is 585 g/mol. The Morgan fingerprint density at radius 2 is 1.59 bits per heavy atom. The number of anilines is 1. The van der Waals surface area contributed by atoms with Gasteiger partial charge in [-0.05, 0) is 91.1 Å². The van der Waals surface area contributed by atoms with Crippen LogP contribution in [0.1, 0.15) is 59.7 Å². The quantitative estimate of drug-likeness (QED) is 0.197. The lowest BCUT2D eigenvalue weighted by Gasteiger charge is -2.41. The van der Waals surface area contributed by atoms with E-state index in [9.17, 15) is 4.39 Å². The van der Waals surface area contributed by atoms with Gasteiger partial charge in [-0.3, -0.25) is 4.90 Å². The van der Waals surface area contributed by atoms with Gasteiger partial charge in [0.15, 0.2) is 0 Å². The Balaban J connectivity index is 1.20. The standard InChI is InChI=1S/C40H44FN3/c1-27(2)30-12-16-34(17-13-30)42-20-22-43(23-21-42)35-18-19-39-38(25-35)37-7-5-6-36(31-10-14-33(41)15-11-31)40(37)44(39)26-32-24-28(3)8-9-29(32)4/h5-17,24,27,35H,18-23,25-26H2,1-4H3. The van der Waals surface area contributed by atoms with Crippen LogP contribution in [-0.4, -0.2) is 41.7 Å². The van der Waals surface area contributed by atoms with Crippen molar-refractivity contribution in [2.24, 2.45) is 0 Å². The predicted molar refractivity (Wildman–Crippen MR) is 182 cm³/mol. The van der Waals surface area contributed by atoms with Crippen molar-refractivity contribution in [1.82, 2.24) is 9.47 Å². The van der Waals surface area contributed by atoms with Gasteiger partial charge in [0.05, 0.1) is 5.52 Å². The van der Waals surface area contributed by atoms with Crippen molar-refractivity contribution in [2.45, 2.75) is 65.5 Å². The van der Waals surface area contributed by atoms with Gasteiger partial charge in [-0.2, -0.15) is 0 Å². The predicted octanol–water partition coefficient (Wildman–Crippen LogP) is 8.92. The van der Waals surface area contributed by atoms with Crippen molar-refractivity contribution in [1.29, 1.82) is 0 Å². The zero-order chi connectivity index (χ0) is 30.4. The molecule has 5 aromatic rings. The molecule has 1 aliphatic heterocycles. The summed E-state index contributed by atoms with van der Waals surface area (Å²) < 4.78 is 16.5. The zero-order valence-electron chi connectivity index (χ0n) is 26.6. The molecule has 0 amide bonds. The highest BCUT2D eigenvalue weighted by atomic mass is 19.1. The molecule has 1 saturated heterocycles. The van der Waals surface area contributed by atoms with E-state index in [1.54, 1.807) is 12.1 Å². The third kappa shape index (κ3) is 5.45. The fraction of sp³-hybridized carbons (Fsp3) is 0.350. The van der Waals surface area contributed by atoms with Gasteiger partial charge in [0, 0.05) is 61.1 Å². The van der Waals surface area contributed by atoms with Crippen LogP contribution >= 0.6 is 0 Å². The molecule has 0 radical (unpaired) electrons. The highest BCUT2D eigenvalue weighted by molar-refractivity contribution is 5.98. The number of benzene rings is 4. The van der Waals surface area contributed by atoms with E-state index >= 15 is 0 Å². The van der Waals surface area contributed by atoms with Crippen LogP contribution in [0.25, 0.3) is 22.0 Å². The van der Waals surface area contributed by atoms with Crippen molar-refractivity contribution in [2.75, 3.05) is 31.1 Å². The van der Waals surface area contributed by atoms with Gasteiger partial charge in [0.25, 0.3) is 0 Å². The van der Waals surface area contributed by atoms with Crippen LogP contribution in [0.15, 0.2) is 84.9 Å². The second-order valence-corrected chi connectivity index (χ2v) is 13.3. The molecule has 1 fully saturated rings. The summed E-state index contributed by atoms with van der Waals surface area (Å²) in [6.07, 6.45) is 3.35. The van der Waals surface area contributed by atoms with Crippen molar-refractivity contribution in [3.8, 4) is 11.1 Å². The third-order valence-corrected chi connectivity index (χ3v) is 10.2. The van der Waals surface area contributed by atoms with E-state index in [4.69, 9.17) is 0 Å². The van der Waals surface area contributed by atoms with Gasteiger partial charge in [-0.1, -0.05) is 80.1 Å². The van der Waals surface area contributed by atoms with Crippen LogP contribution in [0.4, 0.5) is 10.1 Å². The van der Waals surface area contributed by atoms with E-state index in [1.165, 1.54) is 62.1 Å². The van der Waals surface area contributed by atoms with E-state index in [-0.39, 0.29) is 5.82 Å². The van der Waals surface area contributed by atoms with Crippen molar-refractivity contribution < 1.29 is 4.39 Å². The first-order valence-corrected chi connectivity index (χ1v) is 16.4. The highest BCUT2D eigenvalue weighted by Crippen LogP contribution is 2.39. The molecule has 2 aliphatic rings. The number of hydrogen-bond acceptors (Lipinski definition) is 2. The summed E-state index contributed by atoms with van der Waals surface area (Å²) in [5.41, 5.74) is 13.3. The summed E-state index contributed by atoms with van der Waals surface area (Å²) in [6.45, 7) is 14.1. The number of piperazine rings is 1. The number of para-hydroxylation sites is 1. The lowest BCUT2D eigenvalue weighted by Crippen LogP contribution is -2.51. The highest BCUT2D eigenvalue weighted by Gasteiger charge is 2.31. The number of hydrogen-bond donors (Lipinski definition) is 0. The molecule has 4 heteroatoms. The maximum atomic E-state index is 13.9. The first-order valence-electron chi connectivity index (χ1n) is 16.4. The number of halogens is 1. The van der Waals surface area contributed by atoms with Gasteiger partial charge in [-0.15, -0.1) is 0 Å². The molecule has 0 N–H and O–H groups in total. The average molecular weight is 586 g/mol. The molecule has 1 unspecified atom stereocenters. The van der Waals surface area contributed by atoms with Crippen LogP contribution in [0.5, 0.6) is 0 Å². The molecule has 0 saturated carbocycles. The van der Waals surface area contributed by atoms with Crippen LogP contribution in [-0.2, 0) is 19.4 Å². The average Bonchev–Trinajstić information content (AvgIpc) is 3.36. The molecule has 1 atom stereocenters. The molecule has 3 nitrogen and oxygen atoms in total. The Morgan fingerprint density at radius 1 is 0.841 bits per heavy atom. The molecule has 1 aliphatic carbocycles. The lowest BCUT2D eigenvalue weighted by molar-refractivity contribution is 0.169. The molecular formula is C40H44FN3. The molecular weight excluding hydrogens is 541 g/mol. The topological polar surface area (TPSA) is 11.4 Å². The second kappa shape index (κ2) is 11.9. The lowest BCUT2D eigenvalue weighted by atomic mass is 9.89.